The lowest BCUT2D eigenvalue weighted by Gasteiger charge is -2.32. The van der Waals surface area contributed by atoms with Crippen molar-refractivity contribution in [3.63, 3.8) is 0 Å². The molecule has 4 rings (SSSR count). The first kappa shape index (κ1) is 24.6. The lowest BCUT2D eigenvalue weighted by atomic mass is 10.0. The second-order valence-corrected chi connectivity index (χ2v) is 8.52. The minimum atomic E-state index is -1.06. The first-order chi connectivity index (χ1) is 17.4. The summed E-state index contributed by atoms with van der Waals surface area (Å²) < 4.78 is 5.21. The van der Waals surface area contributed by atoms with Gasteiger partial charge in [-0.1, -0.05) is 18.2 Å². The number of pyridine rings is 1. The summed E-state index contributed by atoms with van der Waals surface area (Å²) in [6, 6.07) is 12.8. The van der Waals surface area contributed by atoms with Crippen molar-refractivity contribution in [3.05, 3.63) is 84.1 Å². The van der Waals surface area contributed by atoms with Crippen LogP contribution in [0.15, 0.2) is 71.6 Å². The van der Waals surface area contributed by atoms with Gasteiger partial charge in [-0.3, -0.25) is 24.2 Å². The molecule has 0 bridgehead atoms. The molecule has 186 valence electrons. The van der Waals surface area contributed by atoms with Crippen LogP contribution in [-0.2, 0) is 32.1 Å². The van der Waals surface area contributed by atoms with E-state index >= 15 is 0 Å². The van der Waals surface area contributed by atoms with Crippen LogP contribution >= 0.6 is 0 Å². The molecule has 1 aliphatic heterocycles. The monoisotopic (exact) mass is 490 g/mol. The number of furan rings is 1. The molecule has 0 radical (unpaired) electrons. The SMILES string of the molecule is O=CN(C1CC(=O)N(c2cccc(CC(=O)NCc3ccco3)c2)C1)C(CC(=O)O)c1cccnc1. The van der Waals surface area contributed by atoms with Crippen LogP contribution in [0.1, 0.15) is 35.8 Å². The molecule has 0 saturated carbocycles. The van der Waals surface area contributed by atoms with Gasteiger partial charge in [-0.05, 0) is 41.5 Å². The third kappa shape index (κ3) is 5.96. The number of aliphatic carboxylic acids is 1. The average Bonchev–Trinajstić information content (AvgIpc) is 3.53. The number of aromatic nitrogens is 1. The summed E-state index contributed by atoms with van der Waals surface area (Å²) in [7, 11) is 0. The molecule has 2 N–H and O–H groups in total. The molecule has 10 nitrogen and oxygen atoms in total. The maximum absolute atomic E-state index is 12.9. The van der Waals surface area contributed by atoms with Crippen LogP contribution in [-0.4, -0.2) is 51.8 Å². The van der Waals surface area contributed by atoms with Crippen LogP contribution in [0.3, 0.4) is 0 Å². The van der Waals surface area contributed by atoms with Gasteiger partial charge in [0.05, 0.1) is 37.7 Å². The van der Waals surface area contributed by atoms with Gasteiger partial charge < -0.3 is 24.6 Å². The van der Waals surface area contributed by atoms with Gasteiger partial charge in [-0.15, -0.1) is 0 Å². The molecule has 36 heavy (non-hydrogen) atoms. The molecule has 0 aliphatic carbocycles. The summed E-state index contributed by atoms with van der Waals surface area (Å²) in [6.07, 6.45) is 5.11. The van der Waals surface area contributed by atoms with E-state index < -0.39 is 18.1 Å². The summed E-state index contributed by atoms with van der Waals surface area (Å²) in [5, 5.41) is 12.2. The van der Waals surface area contributed by atoms with Crippen molar-refractivity contribution in [3.8, 4) is 0 Å². The number of hydrogen-bond acceptors (Lipinski definition) is 6. The van der Waals surface area contributed by atoms with Crippen molar-refractivity contribution in [1.29, 1.82) is 0 Å². The third-order valence-electron chi connectivity index (χ3n) is 6.07. The second kappa shape index (κ2) is 11.3. The molecule has 1 aliphatic rings. The van der Waals surface area contributed by atoms with Crippen molar-refractivity contribution in [2.24, 2.45) is 0 Å². The molecule has 2 unspecified atom stereocenters. The Morgan fingerprint density at radius 3 is 2.81 bits per heavy atom. The normalized spacial score (nSPS) is 15.9. The molecule has 10 heteroatoms. The number of carboxylic acids is 1. The van der Waals surface area contributed by atoms with Gasteiger partial charge in [-0.25, -0.2) is 0 Å². The number of hydrogen-bond donors (Lipinski definition) is 2. The summed E-state index contributed by atoms with van der Waals surface area (Å²) >= 11 is 0. The highest BCUT2D eigenvalue weighted by atomic mass is 16.4. The van der Waals surface area contributed by atoms with E-state index in [1.165, 1.54) is 17.4 Å². The van der Waals surface area contributed by atoms with Crippen LogP contribution in [0, 0.1) is 0 Å². The number of amides is 3. The molecule has 3 aromatic rings. The van der Waals surface area contributed by atoms with E-state index in [1.54, 1.807) is 59.6 Å². The molecule has 1 aromatic carbocycles. The zero-order valence-electron chi connectivity index (χ0n) is 19.4. The van der Waals surface area contributed by atoms with Crippen LogP contribution in [0.25, 0.3) is 0 Å². The lowest BCUT2D eigenvalue weighted by Crippen LogP contribution is -2.40. The quantitative estimate of drug-likeness (QED) is 0.394. The molecule has 3 heterocycles. The molecule has 1 fully saturated rings. The number of nitrogens with zero attached hydrogens (tertiary/aromatic N) is 3. The summed E-state index contributed by atoms with van der Waals surface area (Å²) in [5.74, 6) is -0.784. The van der Waals surface area contributed by atoms with Gasteiger partial charge in [0.15, 0.2) is 0 Å². The lowest BCUT2D eigenvalue weighted by molar-refractivity contribution is -0.139. The molecule has 2 atom stereocenters. The van der Waals surface area contributed by atoms with Gasteiger partial charge in [-0.2, -0.15) is 0 Å². The van der Waals surface area contributed by atoms with Crippen molar-refractivity contribution in [1.82, 2.24) is 15.2 Å². The highest BCUT2D eigenvalue weighted by molar-refractivity contribution is 5.96. The standard InChI is InChI=1S/C26H26N4O6/c31-17-30(23(13-26(34)35)19-5-2-8-27-14-19)21-12-25(33)29(16-21)20-6-1-4-18(10-20)11-24(32)28-15-22-7-3-9-36-22/h1-10,14,17,21,23H,11-13,15-16H2,(H,28,32)(H,34,35). The minimum absolute atomic E-state index is 0.0585. The maximum atomic E-state index is 12.9. The largest absolute Gasteiger partial charge is 0.481 e. The van der Waals surface area contributed by atoms with Crippen molar-refractivity contribution < 1.29 is 28.7 Å². The molecule has 0 spiro atoms. The van der Waals surface area contributed by atoms with Crippen LogP contribution in [0.2, 0.25) is 0 Å². The van der Waals surface area contributed by atoms with Crippen molar-refractivity contribution in [2.75, 3.05) is 11.4 Å². The van der Waals surface area contributed by atoms with E-state index in [-0.39, 0.29) is 44.2 Å². The van der Waals surface area contributed by atoms with Gasteiger partial charge in [0, 0.05) is 31.0 Å². The predicted molar refractivity (Wildman–Crippen MR) is 129 cm³/mol. The fourth-order valence-electron chi connectivity index (χ4n) is 4.37. The number of carbonyl (C=O) groups is 4. The Morgan fingerprint density at radius 2 is 2.11 bits per heavy atom. The van der Waals surface area contributed by atoms with Gasteiger partial charge >= 0.3 is 5.97 Å². The molecular formula is C26H26N4O6. The van der Waals surface area contributed by atoms with Gasteiger partial charge in [0.1, 0.15) is 5.76 Å². The maximum Gasteiger partial charge on any atom is 0.305 e. The predicted octanol–water partition coefficient (Wildman–Crippen LogP) is 2.31. The van der Waals surface area contributed by atoms with E-state index in [2.05, 4.69) is 10.3 Å². The highest BCUT2D eigenvalue weighted by Crippen LogP contribution is 2.31. The first-order valence-corrected chi connectivity index (χ1v) is 11.5. The third-order valence-corrected chi connectivity index (χ3v) is 6.07. The van der Waals surface area contributed by atoms with E-state index in [9.17, 15) is 24.3 Å². The van der Waals surface area contributed by atoms with Crippen molar-refractivity contribution in [2.45, 2.75) is 37.9 Å². The summed E-state index contributed by atoms with van der Waals surface area (Å²) in [4.78, 5) is 55.9. The summed E-state index contributed by atoms with van der Waals surface area (Å²) in [5.41, 5.74) is 1.92. The van der Waals surface area contributed by atoms with Gasteiger partial charge in [0.25, 0.3) is 0 Å². The number of carbonyl (C=O) groups excluding carboxylic acids is 3. The number of benzene rings is 1. The van der Waals surface area contributed by atoms with Crippen LogP contribution in [0.5, 0.6) is 0 Å². The Morgan fingerprint density at radius 1 is 1.25 bits per heavy atom. The Balaban J connectivity index is 1.45. The van der Waals surface area contributed by atoms with Crippen LogP contribution in [0.4, 0.5) is 5.69 Å². The number of nitrogens with one attached hydrogen (secondary N) is 1. The van der Waals surface area contributed by atoms with Gasteiger partial charge in [0.2, 0.25) is 18.2 Å². The number of rotatable bonds is 11. The highest BCUT2D eigenvalue weighted by Gasteiger charge is 2.38. The summed E-state index contributed by atoms with van der Waals surface area (Å²) in [6.45, 7) is 0.496. The second-order valence-electron chi connectivity index (χ2n) is 8.52. The van der Waals surface area contributed by atoms with Crippen LogP contribution < -0.4 is 10.2 Å². The molecular weight excluding hydrogens is 464 g/mol. The minimum Gasteiger partial charge on any atom is -0.481 e. The fraction of sp³-hybridized carbons (Fsp3) is 0.269. The number of anilines is 1. The Bertz CT molecular complexity index is 1210. The van der Waals surface area contributed by atoms with E-state index in [1.807, 2.05) is 0 Å². The first-order valence-electron chi connectivity index (χ1n) is 11.5. The molecule has 3 amide bonds. The molecule has 1 saturated heterocycles. The fourth-order valence-corrected chi connectivity index (χ4v) is 4.37. The van der Waals surface area contributed by atoms with E-state index in [4.69, 9.17) is 4.42 Å². The van der Waals surface area contributed by atoms with E-state index in [0.717, 1.165) is 5.56 Å². The number of carboxylic acid groups (broad SMARTS) is 1. The van der Waals surface area contributed by atoms with E-state index in [0.29, 0.717) is 23.4 Å². The zero-order valence-corrected chi connectivity index (χ0v) is 19.4. The zero-order chi connectivity index (χ0) is 25.5. The molecule has 2 aromatic heterocycles. The smallest absolute Gasteiger partial charge is 0.305 e. The van der Waals surface area contributed by atoms with Crippen molar-refractivity contribution >= 4 is 29.9 Å². The Kier molecular flexibility index (Phi) is 7.74. The topological polar surface area (TPSA) is 133 Å². The Labute approximate surface area is 207 Å². The average molecular weight is 491 g/mol. The Hall–Kier alpha value is -4.47.